The van der Waals surface area contributed by atoms with Crippen molar-refractivity contribution in [1.82, 2.24) is 4.73 Å². The summed E-state index contributed by atoms with van der Waals surface area (Å²) >= 11 is 0. The molecule has 204 valence electrons. The van der Waals surface area contributed by atoms with E-state index in [4.69, 9.17) is 9.57 Å². The van der Waals surface area contributed by atoms with Crippen LogP contribution >= 0.6 is 0 Å². The number of anilines is 2. The van der Waals surface area contributed by atoms with Gasteiger partial charge in [0.2, 0.25) is 11.8 Å². The monoisotopic (exact) mass is 529 g/mol. The summed E-state index contributed by atoms with van der Waals surface area (Å²) in [5, 5.41) is 19.1. The number of aromatic nitrogens is 1. The summed E-state index contributed by atoms with van der Waals surface area (Å²) in [4.78, 5) is 21.1. The quantitative estimate of drug-likeness (QED) is 0.208. The molecule has 0 saturated carbocycles. The van der Waals surface area contributed by atoms with Gasteiger partial charge in [-0.25, -0.2) is 4.79 Å². The third-order valence-electron chi connectivity index (χ3n) is 6.48. The Balaban J connectivity index is 1.42. The van der Waals surface area contributed by atoms with Crippen LogP contribution in [0.2, 0.25) is 0 Å². The van der Waals surface area contributed by atoms with Crippen LogP contribution in [0.4, 0.5) is 11.4 Å². The van der Waals surface area contributed by atoms with Crippen molar-refractivity contribution in [3.63, 3.8) is 0 Å². The van der Waals surface area contributed by atoms with Crippen LogP contribution in [-0.2, 0) is 4.79 Å². The fourth-order valence-electron chi connectivity index (χ4n) is 4.31. The van der Waals surface area contributed by atoms with E-state index in [1.807, 2.05) is 40.3 Å². The molecular weight excluding hydrogens is 494 g/mol. The normalized spacial score (nSPS) is 10.9. The predicted octanol–water partition coefficient (Wildman–Crippen LogP) is 5.03. The zero-order valence-corrected chi connectivity index (χ0v) is 22.7. The lowest BCUT2D eigenvalue weighted by atomic mass is 9.85. The van der Waals surface area contributed by atoms with Crippen LogP contribution in [0.1, 0.15) is 35.4 Å². The zero-order valence-electron chi connectivity index (χ0n) is 22.7. The largest absolute Gasteiger partial charge is 0.494 e. The standard InChI is InChI=1S/C31H35N3O5/c1-32(2)25-13-7-22(8-14-25)31(23-9-15-26(16-10-23)33(3)4)24-11-17-27(18-12-24)38-21-5-6-30(37)39-34-28(35)19-20-29(34)36/h7-20,31,35-36H,5-6,21H2,1-4H3. The molecule has 4 aromatic rings. The number of ether oxygens (including phenoxy) is 1. The Bertz CT molecular complexity index is 1290. The van der Waals surface area contributed by atoms with Gasteiger partial charge in [0.05, 0.1) is 13.0 Å². The van der Waals surface area contributed by atoms with E-state index < -0.39 is 5.97 Å². The summed E-state index contributed by atoms with van der Waals surface area (Å²) in [5.41, 5.74) is 5.84. The van der Waals surface area contributed by atoms with Crippen molar-refractivity contribution >= 4 is 17.3 Å². The van der Waals surface area contributed by atoms with Gasteiger partial charge >= 0.3 is 5.97 Å². The minimum Gasteiger partial charge on any atom is -0.494 e. The smallest absolute Gasteiger partial charge is 0.333 e. The van der Waals surface area contributed by atoms with Crippen molar-refractivity contribution in [2.45, 2.75) is 18.8 Å². The SMILES string of the molecule is CN(C)c1ccc(C(c2ccc(OCCCC(=O)On3c(O)ccc3O)cc2)c2ccc(N(C)C)cc2)cc1. The van der Waals surface area contributed by atoms with Crippen LogP contribution in [0, 0.1) is 0 Å². The maximum atomic E-state index is 12.0. The molecule has 8 nitrogen and oxygen atoms in total. The third kappa shape index (κ3) is 6.84. The highest BCUT2D eigenvalue weighted by molar-refractivity contribution is 5.69. The van der Waals surface area contributed by atoms with Gasteiger partial charge in [0.15, 0.2) is 0 Å². The second kappa shape index (κ2) is 12.3. The molecule has 0 amide bonds. The van der Waals surface area contributed by atoms with E-state index in [9.17, 15) is 15.0 Å². The Morgan fingerprint density at radius 2 is 1.15 bits per heavy atom. The molecule has 4 rings (SSSR count). The van der Waals surface area contributed by atoms with Gasteiger partial charge in [-0.1, -0.05) is 36.4 Å². The fraction of sp³-hybridized carbons (Fsp3) is 0.258. The topological polar surface area (TPSA) is 87.4 Å². The summed E-state index contributed by atoms with van der Waals surface area (Å²) < 4.78 is 6.53. The number of benzene rings is 3. The minimum absolute atomic E-state index is 0.0581. The van der Waals surface area contributed by atoms with Crippen LogP contribution in [0.15, 0.2) is 84.9 Å². The number of hydrogen-bond acceptors (Lipinski definition) is 7. The van der Waals surface area contributed by atoms with Crippen LogP contribution in [0.25, 0.3) is 0 Å². The second-order valence-electron chi connectivity index (χ2n) is 9.73. The van der Waals surface area contributed by atoms with E-state index in [1.165, 1.54) is 23.3 Å². The molecule has 39 heavy (non-hydrogen) atoms. The van der Waals surface area contributed by atoms with Gasteiger partial charge in [0, 0.05) is 57.6 Å². The van der Waals surface area contributed by atoms with Gasteiger partial charge < -0.3 is 29.6 Å². The van der Waals surface area contributed by atoms with Crippen LogP contribution in [0.3, 0.4) is 0 Å². The summed E-state index contributed by atoms with van der Waals surface area (Å²) in [6.45, 7) is 0.319. The van der Waals surface area contributed by atoms with Crippen LogP contribution in [0.5, 0.6) is 17.5 Å². The molecular formula is C31H35N3O5. The number of aromatic hydroxyl groups is 2. The van der Waals surface area contributed by atoms with Gasteiger partial charge in [-0.2, -0.15) is 0 Å². The number of carbonyl (C=O) groups is 1. The average Bonchev–Trinajstić information content (AvgIpc) is 3.24. The number of carbonyl (C=O) groups excluding carboxylic acids is 1. The Morgan fingerprint density at radius 1 is 0.718 bits per heavy atom. The first-order valence-corrected chi connectivity index (χ1v) is 12.8. The Hall–Kier alpha value is -4.59. The highest BCUT2D eigenvalue weighted by atomic mass is 16.7. The summed E-state index contributed by atoms with van der Waals surface area (Å²) in [5.74, 6) is -0.519. The van der Waals surface area contributed by atoms with E-state index in [2.05, 4.69) is 70.5 Å². The van der Waals surface area contributed by atoms with Gasteiger partial charge in [0.1, 0.15) is 5.75 Å². The first kappa shape index (κ1) is 27.4. The molecule has 1 aromatic heterocycles. The summed E-state index contributed by atoms with van der Waals surface area (Å²) in [6, 6.07) is 27.8. The molecule has 0 aliphatic carbocycles. The average molecular weight is 530 g/mol. The molecule has 3 aromatic carbocycles. The van der Waals surface area contributed by atoms with E-state index in [-0.39, 0.29) is 24.1 Å². The van der Waals surface area contributed by atoms with E-state index in [0.717, 1.165) is 16.9 Å². The van der Waals surface area contributed by atoms with Gasteiger partial charge in [-0.15, -0.1) is 4.73 Å². The fourth-order valence-corrected chi connectivity index (χ4v) is 4.31. The predicted molar refractivity (Wildman–Crippen MR) is 153 cm³/mol. The van der Waals surface area contributed by atoms with Crippen molar-refractivity contribution in [2.24, 2.45) is 0 Å². The molecule has 0 atom stereocenters. The van der Waals surface area contributed by atoms with Crippen LogP contribution in [-0.4, -0.2) is 55.7 Å². The molecule has 0 aliphatic rings. The Labute approximate surface area is 229 Å². The van der Waals surface area contributed by atoms with Gasteiger partial charge in [-0.3, -0.25) is 0 Å². The second-order valence-corrected chi connectivity index (χ2v) is 9.73. The van der Waals surface area contributed by atoms with Crippen LogP contribution < -0.4 is 19.4 Å². The van der Waals surface area contributed by atoms with Crippen molar-refractivity contribution in [1.29, 1.82) is 0 Å². The molecule has 0 bridgehead atoms. The first-order chi connectivity index (χ1) is 18.7. The van der Waals surface area contributed by atoms with Crippen molar-refractivity contribution < 1.29 is 24.6 Å². The van der Waals surface area contributed by atoms with Crippen molar-refractivity contribution in [3.8, 4) is 17.5 Å². The maximum absolute atomic E-state index is 12.0. The molecule has 0 unspecified atom stereocenters. The van der Waals surface area contributed by atoms with Crippen molar-refractivity contribution in [3.05, 3.63) is 102 Å². The third-order valence-corrected chi connectivity index (χ3v) is 6.48. The molecule has 1 heterocycles. The molecule has 0 aliphatic heterocycles. The number of hydrogen-bond donors (Lipinski definition) is 2. The lowest BCUT2D eigenvalue weighted by molar-refractivity contribution is -0.145. The maximum Gasteiger partial charge on any atom is 0.333 e. The highest BCUT2D eigenvalue weighted by Gasteiger charge is 2.18. The van der Waals surface area contributed by atoms with E-state index in [0.29, 0.717) is 23.5 Å². The first-order valence-electron chi connectivity index (χ1n) is 12.8. The zero-order chi connectivity index (χ0) is 27.9. The molecule has 0 spiro atoms. The Morgan fingerprint density at radius 3 is 1.59 bits per heavy atom. The summed E-state index contributed by atoms with van der Waals surface area (Å²) in [6.07, 6.45) is 0.492. The highest BCUT2D eigenvalue weighted by Crippen LogP contribution is 2.34. The minimum atomic E-state index is -0.584. The molecule has 0 fully saturated rings. The van der Waals surface area contributed by atoms with Gasteiger partial charge in [-0.05, 0) is 59.5 Å². The lowest BCUT2D eigenvalue weighted by Gasteiger charge is -2.22. The van der Waals surface area contributed by atoms with E-state index in [1.54, 1.807) is 0 Å². The van der Waals surface area contributed by atoms with Crippen molar-refractivity contribution in [2.75, 3.05) is 44.6 Å². The molecule has 8 heteroatoms. The number of rotatable bonds is 11. The molecule has 0 saturated heterocycles. The Kier molecular flexibility index (Phi) is 8.66. The number of nitrogens with zero attached hydrogens (tertiary/aromatic N) is 3. The molecule has 0 radical (unpaired) electrons. The molecule has 2 N–H and O–H groups in total. The van der Waals surface area contributed by atoms with E-state index >= 15 is 0 Å². The van der Waals surface area contributed by atoms with Gasteiger partial charge in [0.25, 0.3) is 0 Å². The summed E-state index contributed by atoms with van der Waals surface area (Å²) in [7, 11) is 8.14. The lowest BCUT2D eigenvalue weighted by Crippen LogP contribution is -2.19.